The average Bonchev–Trinajstić information content (AvgIpc) is 2.47. The van der Waals surface area contributed by atoms with Gasteiger partial charge in [-0.15, -0.1) is 0 Å². The van der Waals surface area contributed by atoms with E-state index in [9.17, 15) is 9.90 Å². The summed E-state index contributed by atoms with van der Waals surface area (Å²) in [5.74, 6) is 0.572. The summed E-state index contributed by atoms with van der Waals surface area (Å²) in [6.07, 6.45) is 0. The summed E-state index contributed by atoms with van der Waals surface area (Å²) in [5.41, 5.74) is 1.35. The molecule has 0 saturated heterocycles. The number of benzene rings is 2. The summed E-state index contributed by atoms with van der Waals surface area (Å²) in [4.78, 5) is 12.1. The van der Waals surface area contributed by atoms with Crippen molar-refractivity contribution in [3.63, 3.8) is 0 Å². The van der Waals surface area contributed by atoms with E-state index in [1.807, 2.05) is 6.07 Å². The van der Waals surface area contributed by atoms with Crippen molar-refractivity contribution in [2.45, 2.75) is 0 Å². The Labute approximate surface area is 114 Å². The molecule has 4 heteroatoms. The summed E-state index contributed by atoms with van der Waals surface area (Å²) in [6.45, 7) is 0. The molecule has 0 saturated carbocycles. The summed E-state index contributed by atoms with van der Waals surface area (Å²) >= 11 is 0. The van der Waals surface area contributed by atoms with Crippen LogP contribution in [-0.4, -0.2) is 5.11 Å². The lowest BCUT2D eigenvalue weighted by molar-refractivity contribution is 0.475. The molecule has 1 aromatic heterocycles. The molecule has 0 fully saturated rings. The Bertz CT molecular complexity index is 886. The molecule has 0 atom stereocenters. The largest absolute Gasteiger partial charge is 0.508 e. The fourth-order valence-electron chi connectivity index (χ4n) is 1.99. The highest BCUT2D eigenvalue weighted by atomic mass is 16.3. The van der Waals surface area contributed by atoms with Gasteiger partial charge in [-0.3, -0.25) is 4.79 Å². The van der Waals surface area contributed by atoms with Crippen LogP contribution in [0.2, 0.25) is 0 Å². The van der Waals surface area contributed by atoms with Gasteiger partial charge >= 0.3 is 0 Å². The second kappa shape index (κ2) is 4.56. The Balaban J connectivity index is 2.23. The molecule has 0 amide bonds. The molecule has 0 unspecified atom stereocenters. The van der Waals surface area contributed by atoms with Crippen molar-refractivity contribution in [2.24, 2.45) is 0 Å². The lowest BCUT2D eigenvalue weighted by Gasteiger charge is -2.03. The van der Waals surface area contributed by atoms with Gasteiger partial charge in [0.2, 0.25) is 0 Å². The molecule has 3 aromatic rings. The Morgan fingerprint density at radius 1 is 1.05 bits per heavy atom. The first-order valence-electron chi connectivity index (χ1n) is 5.95. The van der Waals surface area contributed by atoms with E-state index in [0.717, 1.165) is 0 Å². The third-order valence-corrected chi connectivity index (χ3v) is 3.01. The first-order valence-corrected chi connectivity index (χ1v) is 5.95. The molecule has 1 N–H and O–H groups in total. The van der Waals surface area contributed by atoms with E-state index in [2.05, 4.69) is 0 Å². The predicted molar refractivity (Wildman–Crippen MR) is 74.3 cm³/mol. The van der Waals surface area contributed by atoms with E-state index in [1.165, 1.54) is 24.3 Å². The van der Waals surface area contributed by atoms with Crippen molar-refractivity contribution < 1.29 is 9.52 Å². The van der Waals surface area contributed by atoms with Gasteiger partial charge in [-0.05, 0) is 42.5 Å². The molecule has 0 bridgehead atoms. The lowest BCUT2D eigenvalue weighted by atomic mass is 10.1. The number of nitrogens with zero attached hydrogens (tertiary/aromatic N) is 1. The van der Waals surface area contributed by atoms with Crippen LogP contribution < -0.4 is 5.43 Å². The van der Waals surface area contributed by atoms with E-state index in [1.54, 1.807) is 24.3 Å². The normalized spacial score (nSPS) is 10.3. The molecule has 0 aliphatic carbocycles. The SMILES string of the molecule is N#Cc1ccc2oc(-c3ccc(O)cc3)cc(=O)c2c1. The predicted octanol–water partition coefficient (Wildman–Crippen LogP) is 3.04. The maximum atomic E-state index is 12.1. The zero-order chi connectivity index (χ0) is 14.1. The Morgan fingerprint density at radius 2 is 1.80 bits per heavy atom. The second-order valence-corrected chi connectivity index (χ2v) is 4.34. The van der Waals surface area contributed by atoms with Crippen molar-refractivity contribution >= 4 is 11.0 Å². The van der Waals surface area contributed by atoms with Gasteiger partial charge in [0, 0.05) is 11.6 Å². The van der Waals surface area contributed by atoms with Crippen molar-refractivity contribution in [2.75, 3.05) is 0 Å². The number of phenolic OH excluding ortho intramolecular Hbond substituents is 1. The maximum absolute atomic E-state index is 12.1. The molecule has 1 heterocycles. The zero-order valence-corrected chi connectivity index (χ0v) is 10.3. The molecule has 0 radical (unpaired) electrons. The summed E-state index contributed by atoms with van der Waals surface area (Å²) in [5, 5.41) is 18.5. The lowest BCUT2D eigenvalue weighted by Crippen LogP contribution is -2.00. The van der Waals surface area contributed by atoms with Gasteiger partial charge in [-0.1, -0.05) is 0 Å². The van der Waals surface area contributed by atoms with Crippen LogP contribution in [0.4, 0.5) is 0 Å². The molecule has 96 valence electrons. The number of nitriles is 1. The molecule has 20 heavy (non-hydrogen) atoms. The van der Waals surface area contributed by atoms with Crippen LogP contribution in [0.1, 0.15) is 5.56 Å². The summed E-state index contributed by atoms with van der Waals surface area (Å²) in [6, 6.07) is 14.5. The van der Waals surface area contributed by atoms with Crippen LogP contribution >= 0.6 is 0 Å². The van der Waals surface area contributed by atoms with Gasteiger partial charge in [-0.2, -0.15) is 5.26 Å². The molecule has 2 aromatic carbocycles. The number of phenols is 1. The first kappa shape index (κ1) is 12.0. The van der Waals surface area contributed by atoms with Crippen LogP contribution in [0.15, 0.2) is 57.7 Å². The van der Waals surface area contributed by atoms with Gasteiger partial charge in [0.1, 0.15) is 17.1 Å². The molecule has 4 nitrogen and oxygen atoms in total. The Hall–Kier alpha value is -3.06. The number of hydrogen-bond donors (Lipinski definition) is 1. The number of hydrogen-bond acceptors (Lipinski definition) is 4. The van der Waals surface area contributed by atoms with E-state index in [4.69, 9.17) is 9.68 Å². The molecular weight excluding hydrogens is 254 g/mol. The molecule has 0 aliphatic rings. The van der Waals surface area contributed by atoms with E-state index in [-0.39, 0.29) is 11.2 Å². The quantitative estimate of drug-likeness (QED) is 0.732. The van der Waals surface area contributed by atoms with Gasteiger partial charge in [0.25, 0.3) is 0 Å². The third kappa shape index (κ3) is 2.02. The van der Waals surface area contributed by atoms with E-state index in [0.29, 0.717) is 27.9 Å². The molecule has 0 spiro atoms. The van der Waals surface area contributed by atoms with E-state index < -0.39 is 0 Å². The number of aromatic hydroxyl groups is 1. The zero-order valence-electron chi connectivity index (χ0n) is 10.3. The Morgan fingerprint density at radius 3 is 2.50 bits per heavy atom. The monoisotopic (exact) mass is 263 g/mol. The van der Waals surface area contributed by atoms with Crippen molar-refractivity contribution in [3.8, 4) is 23.1 Å². The highest BCUT2D eigenvalue weighted by molar-refractivity contribution is 5.80. The average molecular weight is 263 g/mol. The highest BCUT2D eigenvalue weighted by Crippen LogP contribution is 2.24. The fraction of sp³-hybridized carbons (Fsp3) is 0. The topological polar surface area (TPSA) is 74.2 Å². The van der Waals surface area contributed by atoms with Gasteiger partial charge in [-0.25, -0.2) is 0 Å². The van der Waals surface area contributed by atoms with Crippen molar-refractivity contribution in [3.05, 3.63) is 64.3 Å². The van der Waals surface area contributed by atoms with Crippen LogP contribution in [-0.2, 0) is 0 Å². The smallest absolute Gasteiger partial charge is 0.193 e. The van der Waals surface area contributed by atoms with Gasteiger partial charge in [0.05, 0.1) is 17.0 Å². The van der Waals surface area contributed by atoms with E-state index >= 15 is 0 Å². The number of fused-ring (bicyclic) bond motifs is 1. The number of rotatable bonds is 1. The second-order valence-electron chi connectivity index (χ2n) is 4.34. The van der Waals surface area contributed by atoms with Crippen LogP contribution in [0.5, 0.6) is 5.75 Å². The molecule has 3 rings (SSSR count). The Kier molecular flexibility index (Phi) is 2.73. The van der Waals surface area contributed by atoms with Crippen LogP contribution in [0.25, 0.3) is 22.3 Å². The maximum Gasteiger partial charge on any atom is 0.193 e. The molecular formula is C16H9NO3. The third-order valence-electron chi connectivity index (χ3n) is 3.01. The highest BCUT2D eigenvalue weighted by Gasteiger charge is 2.07. The summed E-state index contributed by atoms with van der Waals surface area (Å²) in [7, 11) is 0. The standard InChI is InChI=1S/C16H9NO3/c17-9-10-1-6-15-13(7-10)14(19)8-16(20-15)11-2-4-12(18)5-3-11/h1-8,18H. The first-order chi connectivity index (χ1) is 9.67. The minimum absolute atomic E-state index is 0.149. The minimum atomic E-state index is -0.202. The molecule has 0 aliphatic heterocycles. The summed E-state index contributed by atoms with van der Waals surface area (Å²) < 4.78 is 5.68. The van der Waals surface area contributed by atoms with Gasteiger partial charge < -0.3 is 9.52 Å². The van der Waals surface area contributed by atoms with Crippen LogP contribution in [0, 0.1) is 11.3 Å². The fourth-order valence-corrected chi connectivity index (χ4v) is 1.99. The van der Waals surface area contributed by atoms with Crippen molar-refractivity contribution in [1.29, 1.82) is 5.26 Å². The van der Waals surface area contributed by atoms with Gasteiger partial charge in [0.15, 0.2) is 5.43 Å². The van der Waals surface area contributed by atoms with Crippen molar-refractivity contribution in [1.82, 2.24) is 0 Å². The van der Waals surface area contributed by atoms with Crippen LogP contribution in [0.3, 0.4) is 0 Å². The minimum Gasteiger partial charge on any atom is -0.508 e.